The van der Waals surface area contributed by atoms with Crippen molar-refractivity contribution >= 4 is 17.5 Å². The molecule has 1 saturated carbocycles. The zero-order valence-electron chi connectivity index (χ0n) is 12.8. The van der Waals surface area contributed by atoms with E-state index in [2.05, 4.69) is 4.90 Å². The number of benzene rings is 1. The number of hydrogen-bond donors (Lipinski definition) is 1. The lowest BCUT2D eigenvalue weighted by Crippen LogP contribution is -2.45. The Labute approximate surface area is 131 Å². The number of hydrogen-bond acceptors (Lipinski definition) is 3. The van der Waals surface area contributed by atoms with Crippen LogP contribution in [0.5, 0.6) is 0 Å². The van der Waals surface area contributed by atoms with Crippen LogP contribution in [-0.4, -0.2) is 48.9 Å². The van der Waals surface area contributed by atoms with Crippen LogP contribution in [-0.2, 0) is 11.3 Å². The maximum Gasteiger partial charge on any atom is 0.236 e. The van der Waals surface area contributed by atoms with Gasteiger partial charge in [0, 0.05) is 31.2 Å². The Hall–Kier alpha value is -1.10. The van der Waals surface area contributed by atoms with E-state index in [0.717, 1.165) is 5.56 Å². The molecule has 1 unspecified atom stereocenters. The molecule has 0 aromatic heterocycles. The summed E-state index contributed by atoms with van der Waals surface area (Å²) in [5.41, 5.74) is 6.87. The van der Waals surface area contributed by atoms with Crippen LogP contribution in [0.2, 0.25) is 5.02 Å². The Bertz CT molecular complexity index is 490. The topological polar surface area (TPSA) is 49.6 Å². The van der Waals surface area contributed by atoms with Crippen molar-refractivity contribution in [2.45, 2.75) is 25.4 Å². The molecule has 0 spiro atoms. The summed E-state index contributed by atoms with van der Waals surface area (Å²) >= 11 is 5.97. The molecule has 0 radical (unpaired) electrons. The lowest BCUT2D eigenvalue weighted by molar-refractivity contribution is -0.131. The van der Waals surface area contributed by atoms with Crippen LogP contribution in [0.15, 0.2) is 24.3 Å². The van der Waals surface area contributed by atoms with Gasteiger partial charge in [-0.05, 0) is 43.5 Å². The Morgan fingerprint density at radius 3 is 2.71 bits per heavy atom. The minimum Gasteiger partial charge on any atom is -0.340 e. The SMILES string of the molecule is CN(Cc1cccc(Cl)c1)C(=O)CN(C)C(CN)C1CC1. The first-order chi connectivity index (χ1) is 10.0. The summed E-state index contributed by atoms with van der Waals surface area (Å²) in [4.78, 5) is 16.1. The van der Waals surface area contributed by atoms with Crippen molar-refractivity contribution in [2.75, 3.05) is 27.2 Å². The van der Waals surface area contributed by atoms with Gasteiger partial charge in [0.05, 0.1) is 6.54 Å². The van der Waals surface area contributed by atoms with E-state index >= 15 is 0 Å². The molecule has 1 aromatic rings. The maximum atomic E-state index is 12.3. The van der Waals surface area contributed by atoms with Crippen molar-refractivity contribution in [2.24, 2.45) is 11.7 Å². The average Bonchev–Trinajstić information content (AvgIpc) is 3.24. The van der Waals surface area contributed by atoms with Crippen LogP contribution in [0.1, 0.15) is 18.4 Å². The number of amides is 1. The van der Waals surface area contributed by atoms with Gasteiger partial charge in [0.1, 0.15) is 0 Å². The van der Waals surface area contributed by atoms with Crippen molar-refractivity contribution in [3.8, 4) is 0 Å². The summed E-state index contributed by atoms with van der Waals surface area (Å²) < 4.78 is 0. The summed E-state index contributed by atoms with van der Waals surface area (Å²) in [6.07, 6.45) is 2.47. The van der Waals surface area contributed by atoms with Gasteiger partial charge >= 0.3 is 0 Å². The lowest BCUT2D eigenvalue weighted by atomic mass is 10.1. The molecule has 1 aliphatic carbocycles. The maximum absolute atomic E-state index is 12.3. The predicted octanol–water partition coefficient (Wildman–Crippen LogP) is 1.97. The fourth-order valence-corrected chi connectivity index (χ4v) is 2.87. The normalized spacial score (nSPS) is 16.0. The molecule has 1 amide bonds. The summed E-state index contributed by atoms with van der Waals surface area (Å²) in [6.45, 7) is 1.60. The third-order valence-electron chi connectivity index (χ3n) is 4.09. The van der Waals surface area contributed by atoms with Crippen molar-refractivity contribution in [1.29, 1.82) is 0 Å². The predicted molar refractivity (Wildman–Crippen MR) is 86.1 cm³/mol. The largest absolute Gasteiger partial charge is 0.340 e. The highest BCUT2D eigenvalue weighted by Crippen LogP contribution is 2.34. The standard InChI is InChI=1S/C16H24ClN3O/c1-19(15(9-18)13-6-7-13)11-16(21)20(2)10-12-4-3-5-14(17)8-12/h3-5,8,13,15H,6-7,9-11,18H2,1-2H3. The van der Waals surface area contributed by atoms with E-state index in [0.29, 0.717) is 36.6 Å². The van der Waals surface area contributed by atoms with E-state index in [1.165, 1.54) is 12.8 Å². The molecule has 2 rings (SSSR count). The van der Waals surface area contributed by atoms with Gasteiger partial charge < -0.3 is 10.6 Å². The molecule has 0 saturated heterocycles. The molecule has 1 fully saturated rings. The van der Waals surface area contributed by atoms with E-state index in [9.17, 15) is 4.79 Å². The minimum atomic E-state index is 0.108. The highest BCUT2D eigenvalue weighted by atomic mass is 35.5. The van der Waals surface area contributed by atoms with E-state index in [1.807, 2.05) is 38.4 Å². The number of carbonyl (C=O) groups excluding carboxylic acids is 1. The van der Waals surface area contributed by atoms with E-state index < -0.39 is 0 Å². The smallest absolute Gasteiger partial charge is 0.236 e. The lowest BCUT2D eigenvalue weighted by Gasteiger charge is -2.28. The highest BCUT2D eigenvalue weighted by Gasteiger charge is 2.33. The van der Waals surface area contributed by atoms with Gasteiger partial charge in [-0.25, -0.2) is 0 Å². The third-order valence-corrected chi connectivity index (χ3v) is 4.33. The van der Waals surface area contributed by atoms with E-state index in [4.69, 9.17) is 17.3 Å². The highest BCUT2D eigenvalue weighted by molar-refractivity contribution is 6.30. The quantitative estimate of drug-likeness (QED) is 0.838. The van der Waals surface area contributed by atoms with Crippen LogP contribution < -0.4 is 5.73 Å². The Morgan fingerprint density at radius 1 is 1.43 bits per heavy atom. The van der Waals surface area contributed by atoms with Crippen LogP contribution in [0, 0.1) is 5.92 Å². The van der Waals surface area contributed by atoms with Gasteiger partial charge in [0.2, 0.25) is 5.91 Å². The second-order valence-electron chi connectivity index (χ2n) is 5.94. The van der Waals surface area contributed by atoms with E-state index in [1.54, 1.807) is 4.90 Å². The molecule has 1 aliphatic rings. The molecule has 5 heteroatoms. The van der Waals surface area contributed by atoms with Gasteiger partial charge in [-0.2, -0.15) is 0 Å². The van der Waals surface area contributed by atoms with Gasteiger partial charge in [0.15, 0.2) is 0 Å². The average molecular weight is 310 g/mol. The molecule has 1 aromatic carbocycles. The molecule has 1 atom stereocenters. The van der Waals surface area contributed by atoms with Crippen molar-refractivity contribution in [3.05, 3.63) is 34.9 Å². The third kappa shape index (κ3) is 4.70. The second kappa shape index (κ2) is 7.25. The molecule has 4 nitrogen and oxygen atoms in total. The first-order valence-electron chi connectivity index (χ1n) is 7.40. The Morgan fingerprint density at radius 2 is 2.14 bits per heavy atom. The van der Waals surface area contributed by atoms with Crippen LogP contribution >= 0.6 is 11.6 Å². The minimum absolute atomic E-state index is 0.108. The van der Waals surface area contributed by atoms with Crippen LogP contribution in [0.3, 0.4) is 0 Å². The first-order valence-corrected chi connectivity index (χ1v) is 7.77. The number of carbonyl (C=O) groups is 1. The number of rotatable bonds is 7. The molecule has 0 heterocycles. The molecule has 0 bridgehead atoms. The summed E-state index contributed by atoms with van der Waals surface area (Å²) in [5.74, 6) is 0.780. The zero-order chi connectivity index (χ0) is 15.4. The molecular weight excluding hydrogens is 286 g/mol. The molecule has 0 aliphatic heterocycles. The summed E-state index contributed by atoms with van der Waals surface area (Å²) in [5, 5.41) is 0.697. The van der Waals surface area contributed by atoms with E-state index in [-0.39, 0.29) is 5.91 Å². The van der Waals surface area contributed by atoms with Crippen LogP contribution in [0.4, 0.5) is 0 Å². The fraction of sp³-hybridized carbons (Fsp3) is 0.562. The molecular formula is C16H24ClN3O. The van der Waals surface area contributed by atoms with Crippen molar-refractivity contribution in [3.63, 3.8) is 0 Å². The summed E-state index contributed by atoms with van der Waals surface area (Å²) in [6, 6.07) is 7.93. The second-order valence-corrected chi connectivity index (χ2v) is 6.37. The zero-order valence-corrected chi connectivity index (χ0v) is 13.5. The monoisotopic (exact) mass is 309 g/mol. The number of halogens is 1. The molecule has 2 N–H and O–H groups in total. The Balaban J connectivity index is 1.87. The summed E-state index contributed by atoms with van der Waals surface area (Å²) in [7, 11) is 3.81. The van der Waals surface area contributed by atoms with Crippen molar-refractivity contribution < 1.29 is 4.79 Å². The van der Waals surface area contributed by atoms with Gasteiger partial charge in [0.25, 0.3) is 0 Å². The number of nitrogens with zero attached hydrogens (tertiary/aromatic N) is 2. The van der Waals surface area contributed by atoms with Gasteiger partial charge in [-0.1, -0.05) is 23.7 Å². The van der Waals surface area contributed by atoms with Gasteiger partial charge in [-0.15, -0.1) is 0 Å². The first kappa shape index (κ1) is 16.3. The molecule has 116 valence electrons. The number of likely N-dealkylation sites (N-methyl/N-ethyl adjacent to an activating group) is 2. The molecule has 21 heavy (non-hydrogen) atoms. The number of nitrogens with two attached hydrogens (primary N) is 1. The van der Waals surface area contributed by atoms with Crippen LogP contribution in [0.25, 0.3) is 0 Å². The van der Waals surface area contributed by atoms with Gasteiger partial charge in [-0.3, -0.25) is 9.69 Å². The fourth-order valence-electron chi connectivity index (χ4n) is 2.66. The van der Waals surface area contributed by atoms with Crippen molar-refractivity contribution in [1.82, 2.24) is 9.80 Å². The Kier molecular flexibility index (Phi) is 5.62.